The number of hydrogen-bond acceptors (Lipinski definition) is 5. The first-order valence-corrected chi connectivity index (χ1v) is 8.74. The summed E-state index contributed by atoms with van der Waals surface area (Å²) in [6.45, 7) is 2.53. The highest BCUT2D eigenvalue weighted by Gasteiger charge is 2.18. The second-order valence-corrected chi connectivity index (χ2v) is 6.13. The van der Waals surface area contributed by atoms with Crippen LogP contribution in [-0.2, 0) is 22.5 Å². The fourth-order valence-corrected chi connectivity index (χ4v) is 3.18. The Kier molecular flexibility index (Phi) is 4.42. The quantitative estimate of drug-likeness (QED) is 0.509. The third-order valence-electron chi connectivity index (χ3n) is 4.37. The largest absolute Gasteiger partial charge is 0.466 e. The smallest absolute Gasteiger partial charge is 0.312 e. The minimum absolute atomic E-state index is 0.0774. The molecule has 4 aromatic rings. The highest BCUT2D eigenvalue weighted by molar-refractivity contribution is 5.81. The number of fused-ring (bicyclic) bond motifs is 3. The number of carbonyl (C=O) groups is 1. The Bertz CT molecular complexity index is 1180. The molecule has 0 spiro atoms. The number of esters is 1. The monoisotopic (exact) mass is 362 g/mol. The van der Waals surface area contributed by atoms with E-state index < -0.39 is 5.97 Å². The van der Waals surface area contributed by atoms with E-state index in [1.54, 1.807) is 6.92 Å². The molecule has 136 valence electrons. The number of hydrogen-bond donors (Lipinski definition) is 0. The van der Waals surface area contributed by atoms with Crippen molar-refractivity contribution in [3.63, 3.8) is 0 Å². The van der Waals surface area contributed by atoms with Crippen LogP contribution in [0.2, 0.25) is 0 Å². The van der Waals surface area contributed by atoms with Crippen molar-refractivity contribution in [2.24, 2.45) is 0 Å². The topological polar surface area (TPSA) is 78.5 Å². The molecular weight excluding hydrogens is 344 g/mol. The number of carbonyl (C=O) groups excluding carboxylic acids is 1. The fraction of sp³-hybridized carbons (Fsp3) is 0.200. The Labute approximate surface area is 154 Å². The summed E-state index contributed by atoms with van der Waals surface area (Å²) in [4.78, 5) is 24.8. The van der Waals surface area contributed by atoms with Gasteiger partial charge in [0.05, 0.1) is 30.6 Å². The average Bonchev–Trinajstić information content (AvgIpc) is 3.00. The summed E-state index contributed by atoms with van der Waals surface area (Å²) < 4.78 is 8.39. The predicted octanol–water partition coefficient (Wildman–Crippen LogP) is 2.20. The van der Waals surface area contributed by atoms with Gasteiger partial charge in [-0.05, 0) is 24.6 Å². The van der Waals surface area contributed by atoms with Gasteiger partial charge in [0, 0.05) is 0 Å². The first-order chi connectivity index (χ1) is 13.2. The van der Waals surface area contributed by atoms with Gasteiger partial charge >= 0.3 is 5.97 Å². The number of para-hydroxylation sites is 2. The van der Waals surface area contributed by atoms with E-state index >= 15 is 0 Å². The Morgan fingerprint density at radius 2 is 1.70 bits per heavy atom. The van der Waals surface area contributed by atoms with Crippen LogP contribution in [0.5, 0.6) is 0 Å². The SMILES string of the molecule is CCOC(=O)Cc1nnc2n(Cc3ccccc3)c3ccccc3n2c1=O. The summed E-state index contributed by atoms with van der Waals surface area (Å²) in [5.74, 6) is -0.0467. The summed E-state index contributed by atoms with van der Waals surface area (Å²) in [5.41, 5.74) is 2.42. The molecule has 27 heavy (non-hydrogen) atoms. The zero-order chi connectivity index (χ0) is 18.8. The third-order valence-corrected chi connectivity index (χ3v) is 4.37. The maximum absolute atomic E-state index is 13.0. The highest BCUT2D eigenvalue weighted by Crippen LogP contribution is 2.19. The molecule has 2 heterocycles. The molecular formula is C20H18N4O3. The maximum atomic E-state index is 13.0. The summed E-state index contributed by atoms with van der Waals surface area (Å²) in [7, 11) is 0. The number of ether oxygens (including phenoxy) is 1. The molecule has 0 atom stereocenters. The molecule has 0 saturated carbocycles. The van der Waals surface area contributed by atoms with Crippen molar-refractivity contribution in [3.8, 4) is 0 Å². The van der Waals surface area contributed by atoms with Crippen LogP contribution in [0.15, 0.2) is 59.4 Å². The molecule has 2 aromatic carbocycles. The summed E-state index contributed by atoms with van der Waals surface area (Å²) in [6.07, 6.45) is -0.194. The van der Waals surface area contributed by atoms with E-state index in [0.29, 0.717) is 12.3 Å². The lowest BCUT2D eigenvalue weighted by Gasteiger charge is -2.06. The van der Waals surface area contributed by atoms with E-state index in [1.165, 1.54) is 4.40 Å². The van der Waals surface area contributed by atoms with Crippen LogP contribution in [0.25, 0.3) is 16.8 Å². The lowest BCUT2D eigenvalue weighted by molar-refractivity contribution is -0.142. The molecule has 0 unspecified atom stereocenters. The van der Waals surface area contributed by atoms with E-state index in [0.717, 1.165) is 16.6 Å². The van der Waals surface area contributed by atoms with Gasteiger partial charge in [-0.2, -0.15) is 0 Å². The van der Waals surface area contributed by atoms with Gasteiger partial charge in [0.25, 0.3) is 5.56 Å². The normalized spacial score (nSPS) is 11.1. The number of benzene rings is 2. The Balaban J connectivity index is 1.90. The molecule has 0 fully saturated rings. The minimum Gasteiger partial charge on any atom is -0.466 e. The predicted molar refractivity (Wildman–Crippen MR) is 101 cm³/mol. The summed E-state index contributed by atoms with van der Waals surface area (Å²) in [5, 5.41) is 8.28. The van der Waals surface area contributed by atoms with Crippen molar-refractivity contribution in [3.05, 3.63) is 76.2 Å². The molecule has 0 saturated heterocycles. The molecule has 0 radical (unpaired) electrons. The van der Waals surface area contributed by atoms with Crippen molar-refractivity contribution in [1.82, 2.24) is 19.2 Å². The molecule has 0 bridgehead atoms. The van der Waals surface area contributed by atoms with E-state index in [9.17, 15) is 9.59 Å². The Morgan fingerprint density at radius 1 is 1.00 bits per heavy atom. The van der Waals surface area contributed by atoms with E-state index in [2.05, 4.69) is 10.2 Å². The molecule has 0 amide bonds. The van der Waals surface area contributed by atoms with Gasteiger partial charge in [-0.3, -0.25) is 9.59 Å². The number of imidazole rings is 1. The Morgan fingerprint density at radius 3 is 2.44 bits per heavy atom. The highest BCUT2D eigenvalue weighted by atomic mass is 16.5. The van der Waals surface area contributed by atoms with Crippen molar-refractivity contribution >= 4 is 22.8 Å². The molecule has 2 aromatic heterocycles. The van der Waals surface area contributed by atoms with Gasteiger partial charge < -0.3 is 9.30 Å². The second-order valence-electron chi connectivity index (χ2n) is 6.13. The van der Waals surface area contributed by atoms with Crippen LogP contribution in [0.3, 0.4) is 0 Å². The average molecular weight is 362 g/mol. The van der Waals surface area contributed by atoms with Crippen LogP contribution >= 0.6 is 0 Å². The first-order valence-electron chi connectivity index (χ1n) is 8.74. The van der Waals surface area contributed by atoms with E-state index in [1.807, 2.05) is 59.2 Å². The first kappa shape index (κ1) is 17.0. The van der Waals surface area contributed by atoms with Crippen LogP contribution in [0, 0.1) is 0 Å². The fourth-order valence-electron chi connectivity index (χ4n) is 3.18. The number of rotatable bonds is 5. The van der Waals surface area contributed by atoms with Crippen molar-refractivity contribution < 1.29 is 9.53 Å². The van der Waals surface area contributed by atoms with Gasteiger partial charge in [-0.15, -0.1) is 10.2 Å². The van der Waals surface area contributed by atoms with Gasteiger partial charge in [0.1, 0.15) is 5.69 Å². The standard InChI is InChI=1S/C20H18N4O3/c1-2-27-18(25)12-15-19(26)24-17-11-7-6-10-16(17)23(20(24)22-21-15)13-14-8-4-3-5-9-14/h3-11H,2,12-13H2,1H3. The minimum atomic E-state index is -0.489. The second kappa shape index (κ2) is 7.03. The Hall–Kier alpha value is -3.48. The maximum Gasteiger partial charge on any atom is 0.312 e. The van der Waals surface area contributed by atoms with Gasteiger partial charge in [-0.25, -0.2) is 4.40 Å². The van der Waals surface area contributed by atoms with Gasteiger partial charge in [0.15, 0.2) is 0 Å². The zero-order valence-corrected chi connectivity index (χ0v) is 14.8. The van der Waals surface area contributed by atoms with Crippen molar-refractivity contribution in [2.75, 3.05) is 6.61 Å². The molecule has 4 rings (SSSR count). The summed E-state index contributed by atoms with van der Waals surface area (Å²) in [6, 6.07) is 17.5. The van der Waals surface area contributed by atoms with Gasteiger partial charge in [-0.1, -0.05) is 42.5 Å². The third kappa shape index (κ3) is 3.08. The van der Waals surface area contributed by atoms with Crippen molar-refractivity contribution in [2.45, 2.75) is 19.9 Å². The van der Waals surface area contributed by atoms with E-state index in [4.69, 9.17) is 4.74 Å². The van der Waals surface area contributed by atoms with Crippen LogP contribution < -0.4 is 5.56 Å². The lowest BCUT2D eigenvalue weighted by Crippen LogP contribution is -2.25. The van der Waals surface area contributed by atoms with Crippen molar-refractivity contribution in [1.29, 1.82) is 0 Å². The lowest BCUT2D eigenvalue weighted by atomic mass is 10.2. The molecule has 0 aliphatic rings. The van der Waals surface area contributed by atoms with Crippen LogP contribution in [0.1, 0.15) is 18.2 Å². The van der Waals surface area contributed by atoms with Crippen LogP contribution in [-0.4, -0.2) is 31.7 Å². The molecule has 0 aliphatic heterocycles. The zero-order valence-electron chi connectivity index (χ0n) is 14.8. The van der Waals surface area contributed by atoms with Gasteiger partial charge in [0.2, 0.25) is 5.78 Å². The molecule has 0 aliphatic carbocycles. The van der Waals surface area contributed by atoms with E-state index in [-0.39, 0.29) is 24.3 Å². The number of aromatic nitrogens is 4. The molecule has 0 N–H and O–H groups in total. The summed E-state index contributed by atoms with van der Waals surface area (Å²) >= 11 is 0. The number of nitrogens with zero attached hydrogens (tertiary/aromatic N) is 4. The molecule has 7 nitrogen and oxygen atoms in total. The van der Waals surface area contributed by atoms with Crippen LogP contribution in [0.4, 0.5) is 0 Å². The molecule has 7 heteroatoms.